The van der Waals surface area contributed by atoms with Crippen LogP contribution in [0.4, 0.5) is 0 Å². The van der Waals surface area contributed by atoms with Gasteiger partial charge in [0.25, 0.3) is 0 Å². The minimum atomic E-state index is 0. The molecule has 0 amide bonds. The second-order valence-corrected chi connectivity index (χ2v) is 6.18. The number of methoxy groups -OCH3 is 1. The molecule has 0 atom stereocenters. The SMILES string of the molecule is CN=C(NCCc1ccccc1)NCC1(CCOC)CCC1.I. The van der Waals surface area contributed by atoms with Gasteiger partial charge in [0.05, 0.1) is 0 Å². The number of hydrogen-bond donors (Lipinski definition) is 2. The Bertz CT molecular complexity index is 461. The van der Waals surface area contributed by atoms with E-state index in [1.807, 2.05) is 7.05 Å². The highest BCUT2D eigenvalue weighted by Gasteiger charge is 2.36. The number of benzene rings is 1. The van der Waals surface area contributed by atoms with Gasteiger partial charge in [-0.1, -0.05) is 36.8 Å². The molecule has 4 nitrogen and oxygen atoms in total. The Morgan fingerprint density at radius 1 is 1.22 bits per heavy atom. The first kappa shape index (κ1) is 20.2. The molecule has 1 aromatic rings. The van der Waals surface area contributed by atoms with Crippen molar-refractivity contribution in [3.05, 3.63) is 35.9 Å². The molecule has 0 aromatic heterocycles. The van der Waals surface area contributed by atoms with E-state index < -0.39 is 0 Å². The van der Waals surface area contributed by atoms with Gasteiger partial charge in [0, 0.05) is 33.9 Å². The van der Waals surface area contributed by atoms with Crippen molar-refractivity contribution < 1.29 is 4.74 Å². The van der Waals surface area contributed by atoms with Crippen LogP contribution in [0.2, 0.25) is 0 Å². The first-order valence-corrected chi connectivity index (χ1v) is 8.25. The summed E-state index contributed by atoms with van der Waals surface area (Å²) in [6, 6.07) is 10.5. The van der Waals surface area contributed by atoms with Gasteiger partial charge >= 0.3 is 0 Å². The van der Waals surface area contributed by atoms with Crippen molar-refractivity contribution in [2.24, 2.45) is 10.4 Å². The number of guanidine groups is 1. The maximum Gasteiger partial charge on any atom is 0.191 e. The van der Waals surface area contributed by atoms with E-state index in [-0.39, 0.29) is 24.0 Å². The van der Waals surface area contributed by atoms with Gasteiger partial charge in [-0.3, -0.25) is 4.99 Å². The third-order valence-corrected chi connectivity index (χ3v) is 4.65. The Morgan fingerprint density at radius 3 is 2.52 bits per heavy atom. The summed E-state index contributed by atoms with van der Waals surface area (Å²) in [5.74, 6) is 0.902. The first-order chi connectivity index (χ1) is 10.8. The third kappa shape index (κ3) is 6.67. The molecule has 1 aliphatic rings. The van der Waals surface area contributed by atoms with Crippen LogP contribution in [0, 0.1) is 5.41 Å². The monoisotopic (exact) mass is 431 g/mol. The number of nitrogens with one attached hydrogen (secondary N) is 2. The number of halogens is 1. The normalized spacial score (nSPS) is 16.2. The zero-order chi connectivity index (χ0) is 15.7. The maximum atomic E-state index is 5.25. The van der Waals surface area contributed by atoms with Gasteiger partial charge in [-0.25, -0.2) is 0 Å². The lowest BCUT2D eigenvalue weighted by atomic mass is 9.67. The average molecular weight is 431 g/mol. The summed E-state index contributed by atoms with van der Waals surface area (Å²) < 4.78 is 5.25. The summed E-state index contributed by atoms with van der Waals surface area (Å²) >= 11 is 0. The van der Waals surface area contributed by atoms with Crippen molar-refractivity contribution in [3.63, 3.8) is 0 Å². The van der Waals surface area contributed by atoms with Gasteiger partial charge in [0.15, 0.2) is 5.96 Å². The predicted octanol–water partition coefficient (Wildman–Crippen LogP) is 3.22. The fraction of sp³-hybridized carbons (Fsp3) is 0.611. The zero-order valence-electron chi connectivity index (χ0n) is 14.3. The molecule has 0 unspecified atom stereocenters. The van der Waals surface area contributed by atoms with Crippen LogP contribution < -0.4 is 10.6 Å². The number of ether oxygens (including phenoxy) is 1. The zero-order valence-corrected chi connectivity index (χ0v) is 16.6. The smallest absolute Gasteiger partial charge is 0.191 e. The van der Waals surface area contributed by atoms with Gasteiger partial charge < -0.3 is 15.4 Å². The Labute approximate surface area is 157 Å². The topological polar surface area (TPSA) is 45.7 Å². The van der Waals surface area contributed by atoms with Crippen LogP contribution in [-0.2, 0) is 11.2 Å². The van der Waals surface area contributed by atoms with Gasteiger partial charge in [0.1, 0.15) is 0 Å². The van der Waals surface area contributed by atoms with Gasteiger partial charge in [-0.05, 0) is 36.7 Å². The highest BCUT2D eigenvalue weighted by molar-refractivity contribution is 14.0. The molecule has 0 bridgehead atoms. The second kappa shape index (κ2) is 10.9. The van der Waals surface area contributed by atoms with Crippen LogP contribution >= 0.6 is 24.0 Å². The minimum Gasteiger partial charge on any atom is -0.385 e. The molecule has 0 saturated heterocycles. The molecule has 2 rings (SSSR count). The van der Waals surface area contributed by atoms with Crippen molar-refractivity contribution in [3.8, 4) is 0 Å². The van der Waals surface area contributed by atoms with Crippen molar-refractivity contribution >= 4 is 29.9 Å². The van der Waals surface area contributed by atoms with Crippen molar-refractivity contribution in [2.45, 2.75) is 32.1 Å². The summed E-state index contributed by atoms with van der Waals surface area (Å²) in [4.78, 5) is 4.32. The molecule has 23 heavy (non-hydrogen) atoms. The lowest BCUT2D eigenvalue weighted by Gasteiger charge is -2.42. The molecule has 0 heterocycles. The van der Waals surface area contributed by atoms with E-state index in [9.17, 15) is 0 Å². The molecule has 130 valence electrons. The minimum absolute atomic E-state index is 0. The summed E-state index contributed by atoms with van der Waals surface area (Å²) in [5.41, 5.74) is 1.76. The van der Waals surface area contributed by atoms with E-state index in [4.69, 9.17) is 4.74 Å². The molecule has 0 radical (unpaired) electrons. The first-order valence-electron chi connectivity index (χ1n) is 8.25. The molecule has 5 heteroatoms. The van der Waals surface area contributed by atoms with Crippen molar-refractivity contribution in [1.82, 2.24) is 10.6 Å². The third-order valence-electron chi connectivity index (χ3n) is 4.65. The summed E-state index contributed by atoms with van der Waals surface area (Å²) in [5, 5.41) is 6.89. The Morgan fingerprint density at radius 2 is 1.96 bits per heavy atom. The lowest BCUT2D eigenvalue weighted by Crippen LogP contribution is -2.47. The van der Waals surface area contributed by atoms with Gasteiger partial charge in [-0.15, -0.1) is 24.0 Å². The summed E-state index contributed by atoms with van der Waals surface area (Å²) in [6.45, 7) is 2.73. The van der Waals surface area contributed by atoms with E-state index in [0.717, 1.165) is 38.5 Å². The molecule has 0 aliphatic heterocycles. The number of aliphatic imine (C=N–C) groups is 1. The molecule has 1 saturated carbocycles. The Kier molecular flexibility index (Phi) is 9.55. The molecule has 1 aromatic carbocycles. The van der Waals surface area contributed by atoms with Crippen LogP contribution in [0.15, 0.2) is 35.3 Å². The predicted molar refractivity (Wildman–Crippen MR) is 108 cm³/mol. The molecule has 0 spiro atoms. The standard InChI is InChI=1S/C18H29N3O.HI/c1-19-17(20-13-9-16-7-4-3-5-8-16)21-15-18(10-6-11-18)12-14-22-2;/h3-5,7-8H,6,9-15H2,1-2H3,(H2,19,20,21);1H. The molecular formula is C18H30IN3O. The fourth-order valence-corrected chi connectivity index (χ4v) is 2.97. The van der Waals surface area contributed by atoms with Crippen LogP contribution in [0.1, 0.15) is 31.2 Å². The van der Waals surface area contributed by atoms with E-state index in [0.29, 0.717) is 5.41 Å². The quantitative estimate of drug-likeness (QED) is 0.378. The van der Waals surface area contributed by atoms with Gasteiger partial charge in [-0.2, -0.15) is 0 Å². The van der Waals surface area contributed by atoms with E-state index in [2.05, 4.69) is 46.0 Å². The van der Waals surface area contributed by atoms with Crippen LogP contribution in [0.3, 0.4) is 0 Å². The number of nitrogens with zero attached hydrogens (tertiary/aromatic N) is 1. The largest absolute Gasteiger partial charge is 0.385 e. The molecule has 1 aliphatic carbocycles. The second-order valence-electron chi connectivity index (χ2n) is 6.18. The highest BCUT2D eigenvalue weighted by atomic mass is 127. The van der Waals surface area contributed by atoms with Crippen molar-refractivity contribution in [2.75, 3.05) is 33.9 Å². The maximum absolute atomic E-state index is 5.25. The van der Waals surface area contributed by atoms with Crippen LogP contribution in [0.25, 0.3) is 0 Å². The average Bonchev–Trinajstić information content (AvgIpc) is 2.52. The summed E-state index contributed by atoms with van der Waals surface area (Å²) in [7, 11) is 3.62. The van der Waals surface area contributed by atoms with E-state index in [1.165, 1.54) is 24.8 Å². The fourth-order valence-electron chi connectivity index (χ4n) is 2.97. The molecule has 2 N–H and O–H groups in total. The lowest BCUT2D eigenvalue weighted by molar-refractivity contribution is 0.0732. The number of hydrogen-bond acceptors (Lipinski definition) is 2. The summed E-state index contributed by atoms with van der Waals surface area (Å²) in [6.07, 6.45) is 6.08. The van der Waals surface area contributed by atoms with Crippen LogP contribution in [0.5, 0.6) is 0 Å². The molecular weight excluding hydrogens is 401 g/mol. The Balaban J connectivity index is 0.00000264. The highest BCUT2D eigenvalue weighted by Crippen LogP contribution is 2.43. The number of rotatable bonds is 8. The van der Waals surface area contributed by atoms with Gasteiger partial charge in [0.2, 0.25) is 0 Å². The van der Waals surface area contributed by atoms with Crippen molar-refractivity contribution in [1.29, 1.82) is 0 Å². The Hall–Kier alpha value is -0.820. The van der Waals surface area contributed by atoms with E-state index >= 15 is 0 Å². The van der Waals surface area contributed by atoms with E-state index in [1.54, 1.807) is 7.11 Å². The van der Waals surface area contributed by atoms with Crippen LogP contribution in [-0.4, -0.2) is 39.8 Å². The molecule has 1 fully saturated rings.